The Hall–Kier alpha value is -3.49. The van der Waals surface area contributed by atoms with Crippen molar-refractivity contribution < 1.29 is 27.4 Å². The number of halogens is 3. The number of methoxy groups -OCH3 is 1. The highest BCUT2D eigenvalue weighted by atomic mass is 19.3. The van der Waals surface area contributed by atoms with E-state index in [-0.39, 0.29) is 27.9 Å². The molecule has 0 aliphatic rings. The number of hydrogen-bond donors (Lipinski definition) is 1. The van der Waals surface area contributed by atoms with E-state index >= 15 is 0 Å². The number of carbonyl (C=O) groups excluding carboxylic acids is 1. The minimum absolute atomic E-state index is 0.142. The highest BCUT2D eigenvalue weighted by molar-refractivity contribution is 6.04. The minimum Gasteiger partial charge on any atom is -0.465 e. The highest BCUT2D eigenvalue weighted by Crippen LogP contribution is 2.29. The number of rotatable bonds is 5. The maximum Gasteiger partial charge on any atom is 0.345 e. The Balaban J connectivity index is 2.34. The number of nitrogen functional groups attached to an aromatic ring is 1. The molecule has 1 heterocycles. The predicted molar refractivity (Wildman–Crippen MR) is 96.8 cm³/mol. The molecule has 0 saturated carbocycles. The molecule has 2 aromatic carbocycles. The van der Waals surface area contributed by atoms with Gasteiger partial charge < -0.3 is 15.2 Å². The Morgan fingerprint density at radius 2 is 1.79 bits per heavy atom. The van der Waals surface area contributed by atoms with Crippen LogP contribution in [0, 0.1) is 0 Å². The van der Waals surface area contributed by atoms with Crippen molar-refractivity contribution in [3.8, 4) is 11.4 Å². The second kappa shape index (κ2) is 7.63. The zero-order chi connectivity index (χ0) is 20.4. The highest BCUT2D eigenvalue weighted by Gasteiger charge is 2.24. The van der Waals surface area contributed by atoms with Crippen molar-refractivity contribution in [1.29, 1.82) is 0 Å². The Labute approximate surface area is 156 Å². The van der Waals surface area contributed by atoms with Crippen molar-refractivity contribution in [2.75, 3.05) is 12.8 Å². The molecule has 0 aliphatic heterocycles. The molecule has 0 amide bonds. The lowest BCUT2D eigenvalue weighted by Gasteiger charge is -2.17. The maximum atomic E-state index is 13.3. The van der Waals surface area contributed by atoms with Crippen LogP contribution in [0.25, 0.3) is 16.6 Å². The van der Waals surface area contributed by atoms with Crippen molar-refractivity contribution >= 4 is 22.6 Å². The van der Waals surface area contributed by atoms with Gasteiger partial charge in [0.15, 0.2) is 0 Å². The predicted octanol–water partition coefficient (Wildman–Crippen LogP) is 3.30. The average Bonchev–Trinajstić information content (AvgIpc) is 2.68. The number of fused-ring (bicyclic) bond motifs is 1. The van der Waals surface area contributed by atoms with Crippen LogP contribution in [0.3, 0.4) is 0 Å². The summed E-state index contributed by atoms with van der Waals surface area (Å²) in [6, 6.07) is 12.0. The van der Waals surface area contributed by atoms with Crippen molar-refractivity contribution in [2.45, 2.75) is 12.8 Å². The molecule has 1 unspecified atom stereocenters. The summed E-state index contributed by atoms with van der Waals surface area (Å²) >= 11 is 0. The third-order valence-corrected chi connectivity index (χ3v) is 4.04. The number of nitrogens with zero attached hydrogens (tertiary/aromatic N) is 1. The molecule has 3 rings (SSSR count). The number of alkyl halides is 3. The zero-order valence-corrected chi connectivity index (χ0v) is 14.6. The van der Waals surface area contributed by atoms with Crippen LogP contribution in [0.5, 0.6) is 5.75 Å². The largest absolute Gasteiger partial charge is 0.465 e. The minimum atomic E-state index is -3.33. The van der Waals surface area contributed by atoms with Gasteiger partial charge in [-0.2, -0.15) is 4.39 Å². The molecule has 0 saturated heterocycles. The van der Waals surface area contributed by atoms with Crippen molar-refractivity contribution in [2.24, 2.45) is 0 Å². The van der Waals surface area contributed by atoms with E-state index < -0.39 is 24.3 Å². The molecule has 146 valence electrons. The number of aromatic nitrogens is 1. The van der Waals surface area contributed by atoms with Gasteiger partial charge in [-0.1, -0.05) is 18.2 Å². The van der Waals surface area contributed by atoms with Crippen LogP contribution in [0.4, 0.5) is 18.9 Å². The summed E-state index contributed by atoms with van der Waals surface area (Å²) in [4.78, 5) is 25.1. The van der Waals surface area contributed by atoms with E-state index in [1.165, 1.54) is 18.2 Å². The van der Waals surface area contributed by atoms with Crippen molar-refractivity contribution in [3.63, 3.8) is 0 Å². The van der Waals surface area contributed by atoms with Gasteiger partial charge in [-0.25, -0.2) is 13.6 Å². The van der Waals surface area contributed by atoms with E-state index in [0.29, 0.717) is 5.69 Å². The molecule has 0 fully saturated rings. The first-order valence-corrected chi connectivity index (χ1v) is 8.06. The smallest absolute Gasteiger partial charge is 0.345 e. The summed E-state index contributed by atoms with van der Waals surface area (Å²) in [5, 5.41) is 0.267. The molecule has 0 bridgehead atoms. The van der Waals surface area contributed by atoms with Gasteiger partial charge in [-0.3, -0.25) is 9.36 Å². The molecule has 1 atom stereocenters. The number of pyridine rings is 1. The lowest BCUT2D eigenvalue weighted by atomic mass is 10.1. The van der Waals surface area contributed by atoms with Crippen molar-refractivity contribution in [1.82, 2.24) is 4.57 Å². The third-order valence-electron chi connectivity index (χ3n) is 4.04. The Bertz CT molecular complexity index is 1080. The fourth-order valence-electron chi connectivity index (χ4n) is 2.78. The Kier molecular flexibility index (Phi) is 5.25. The van der Waals surface area contributed by atoms with Gasteiger partial charge in [0.25, 0.3) is 11.9 Å². The standard InChI is InChI=1S/C19H15F3N2O4/c1-27-19(26)14-15(23)12-8-7-11(28-17(22)16(20)21)9-13(12)24(18(14)25)10-5-3-2-4-6-10/h2-9,16-17H,23H2,1H3. The second-order valence-electron chi connectivity index (χ2n) is 5.74. The van der Waals surface area contributed by atoms with Gasteiger partial charge in [-0.05, 0) is 24.3 Å². The van der Waals surface area contributed by atoms with Gasteiger partial charge in [0.1, 0.15) is 11.3 Å². The van der Waals surface area contributed by atoms with Crippen LogP contribution in [-0.4, -0.2) is 30.4 Å². The molecular weight excluding hydrogens is 377 g/mol. The van der Waals surface area contributed by atoms with E-state index in [0.717, 1.165) is 11.7 Å². The number of nitrogens with two attached hydrogens (primary N) is 1. The van der Waals surface area contributed by atoms with Crippen LogP contribution in [0.1, 0.15) is 10.4 Å². The van der Waals surface area contributed by atoms with E-state index in [9.17, 15) is 22.8 Å². The van der Waals surface area contributed by atoms with Gasteiger partial charge >= 0.3 is 12.4 Å². The topological polar surface area (TPSA) is 83.5 Å². The van der Waals surface area contributed by atoms with Gasteiger partial charge in [0, 0.05) is 17.1 Å². The zero-order valence-electron chi connectivity index (χ0n) is 14.6. The van der Waals surface area contributed by atoms with E-state index in [2.05, 4.69) is 9.47 Å². The molecule has 0 aliphatic carbocycles. The molecule has 3 aromatic rings. The first-order valence-electron chi connectivity index (χ1n) is 8.06. The van der Waals surface area contributed by atoms with Gasteiger partial charge in [0.2, 0.25) is 0 Å². The maximum absolute atomic E-state index is 13.3. The molecule has 1 aromatic heterocycles. The summed E-state index contributed by atoms with van der Waals surface area (Å²) < 4.78 is 48.6. The van der Waals surface area contributed by atoms with Crippen LogP contribution < -0.4 is 16.0 Å². The molecule has 0 radical (unpaired) electrons. The molecule has 28 heavy (non-hydrogen) atoms. The summed E-state index contributed by atoms with van der Waals surface area (Å²) in [5.41, 5.74) is 5.24. The molecule has 9 heteroatoms. The lowest BCUT2D eigenvalue weighted by molar-refractivity contribution is -0.0668. The third kappa shape index (κ3) is 3.38. The number of esters is 1. The van der Waals surface area contributed by atoms with Gasteiger partial charge in [0.05, 0.1) is 18.3 Å². The lowest BCUT2D eigenvalue weighted by Crippen LogP contribution is -2.28. The summed E-state index contributed by atoms with van der Waals surface area (Å²) in [7, 11) is 1.11. The number of benzene rings is 2. The van der Waals surface area contributed by atoms with Crippen LogP contribution >= 0.6 is 0 Å². The summed E-state index contributed by atoms with van der Waals surface area (Å²) in [6.07, 6.45) is -6.17. The van der Waals surface area contributed by atoms with Crippen LogP contribution in [0.15, 0.2) is 53.3 Å². The molecule has 6 nitrogen and oxygen atoms in total. The number of para-hydroxylation sites is 1. The fraction of sp³-hybridized carbons (Fsp3) is 0.158. The summed E-state index contributed by atoms with van der Waals surface area (Å²) in [5.74, 6) is -1.15. The monoisotopic (exact) mass is 392 g/mol. The second-order valence-corrected chi connectivity index (χ2v) is 5.74. The van der Waals surface area contributed by atoms with E-state index in [4.69, 9.17) is 5.73 Å². The first-order chi connectivity index (χ1) is 13.3. The SMILES string of the molecule is COC(=O)c1c(N)c2ccc(OC(F)C(F)F)cc2n(-c2ccccc2)c1=O. The van der Waals surface area contributed by atoms with Gasteiger partial charge in [-0.15, -0.1) is 0 Å². The Morgan fingerprint density at radius 1 is 1.11 bits per heavy atom. The average molecular weight is 392 g/mol. The number of ether oxygens (including phenoxy) is 2. The number of carbonyl (C=O) groups is 1. The first kappa shape index (κ1) is 19.3. The molecular formula is C19H15F3N2O4. The summed E-state index contributed by atoms with van der Waals surface area (Å²) in [6.45, 7) is 0. The van der Waals surface area contributed by atoms with Crippen molar-refractivity contribution in [3.05, 3.63) is 64.4 Å². The van der Waals surface area contributed by atoms with Crippen LogP contribution in [-0.2, 0) is 4.74 Å². The van der Waals surface area contributed by atoms with Crippen LogP contribution in [0.2, 0.25) is 0 Å². The molecule has 0 spiro atoms. The fourth-order valence-corrected chi connectivity index (χ4v) is 2.78. The van der Waals surface area contributed by atoms with E-state index in [1.807, 2.05) is 0 Å². The number of hydrogen-bond acceptors (Lipinski definition) is 5. The van der Waals surface area contributed by atoms with E-state index in [1.54, 1.807) is 30.3 Å². The normalized spacial score (nSPS) is 12.2. The molecule has 2 N–H and O–H groups in total. The number of anilines is 1. The quantitative estimate of drug-likeness (QED) is 0.674. The Morgan fingerprint density at radius 3 is 2.39 bits per heavy atom.